The number of hydrogen-bond donors (Lipinski definition) is 1. The second-order valence-electron chi connectivity index (χ2n) is 5.90. The number of pyridine rings is 1. The second-order valence-corrected chi connectivity index (χ2v) is 5.90. The highest BCUT2D eigenvalue weighted by molar-refractivity contribution is 5.33. The van der Waals surface area contributed by atoms with Crippen LogP contribution in [0, 0.1) is 0 Å². The third-order valence-corrected chi connectivity index (χ3v) is 4.42. The number of hydrogen-bond acceptors (Lipinski definition) is 5. The van der Waals surface area contributed by atoms with Crippen LogP contribution in [0.3, 0.4) is 0 Å². The van der Waals surface area contributed by atoms with Gasteiger partial charge in [0.1, 0.15) is 11.6 Å². The van der Waals surface area contributed by atoms with E-state index in [0.717, 1.165) is 56.6 Å². The van der Waals surface area contributed by atoms with E-state index in [9.17, 15) is 0 Å². The molecule has 1 atom stereocenters. The maximum Gasteiger partial charge on any atom is 0.126 e. The van der Waals surface area contributed by atoms with Crippen LogP contribution in [-0.4, -0.2) is 45.2 Å². The van der Waals surface area contributed by atoms with Crippen LogP contribution >= 0.6 is 0 Å². The van der Waals surface area contributed by atoms with E-state index in [1.54, 1.807) is 6.20 Å². The molecule has 2 aliphatic rings. The topological polar surface area (TPSA) is 55.2 Å². The van der Waals surface area contributed by atoms with Gasteiger partial charge < -0.3 is 14.6 Å². The molecule has 0 amide bonds. The van der Waals surface area contributed by atoms with Crippen molar-refractivity contribution in [3.8, 4) is 0 Å². The smallest absolute Gasteiger partial charge is 0.126 e. The molecule has 2 aromatic heterocycles. The average Bonchev–Trinajstić information content (AvgIpc) is 3.22. The van der Waals surface area contributed by atoms with E-state index in [1.807, 2.05) is 18.2 Å². The minimum absolute atomic E-state index is 0.570. The van der Waals surface area contributed by atoms with Gasteiger partial charge in [0.25, 0.3) is 0 Å². The molecule has 0 unspecified atom stereocenters. The van der Waals surface area contributed by atoms with Crippen molar-refractivity contribution in [3.63, 3.8) is 0 Å². The van der Waals surface area contributed by atoms with Crippen molar-refractivity contribution in [2.24, 2.45) is 0 Å². The molecule has 1 N–H and O–H groups in total. The lowest BCUT2D eigenvalue weighted by Gasteiger charge is -2.31. The Morgan fingerprint density at radius 1 is 1.32 bits per heavy atom. The first-order valence-electron chi connectivity index (χ1n) is 7.90. The van der Waals surface area contributed by atoms with Crippen LogP contribution in [0.25, 0.3) is 0 Å². The fourth-order valence-corrected chi connectivity index (χ4v) is 3.19. The molecular formula is C16H21N5O. The minimum atomic E-state index is 0.570. The number of imidazole rings is 1. The lowest BCUT2D eigenvalue weighted by Crippen LogP contribution is -2.41. The number of rotatable bonds is 4. The summed E-state index contributed by atoms with van der Waals surface area (Å²) < 4.78 is 7.78. The Kier molecular flexibility index (Phi) is 3.78. The maximum atomic E-state index is 5.51. The first-order valence-corrected chi connectivity index (χ1v) is 7.90. The SMILES string of the molecule is c1ccc(NCc2cn3c(n2)CN([C@@H]2CCOC2)CC3)nc1. The van der Waals surface area contributed by atoms with Crippen LogP contribution in [0.1, 0.15) is 17.9 Å². The van der Waals surface area contributed by atoms with Gasteiger partial charge in [-0.25, -0.2) is 9.97 Å². The zero-order chi connectivity index (χ0) is 14.8. The van der Waals surface area contributed by atoms with Gasteiger partial charge in [-0.05, 0) is 18.6 Å². The zero-order valence-corrected chi connectivity index (χ0v) is 12.6. The molecule has 1 saturated heterocycles. The molecule has 0 saturated carbocycles. The Morgan fingerprint density at radius 3 is 3.14 bits per heavy atom. The number of nitrogens with one attached hydrogen (secondary N) is 1. The number of aromatic nitrogens is 3. The van der Waals surface area contributed by atoms with Gasteiger partial charge in [0, 0.05) is 38.1 Å². The monoisotopic (exact) mass is 299 g/mol. The zero-order valence-electron chi connectivity index (χ0n) is 12.6. The van der Waals surface area contributed by atoms with E-state index in [2.05, 4.69) is 26.0 Å². The third kappa shape index (κ3) is 2.84. The molecule has 0 radical (unpaired) electrons. The van der Waals surface area contributed by atoms with E-state index in [4.69, 9.17) is 9.72 Å². The molecule has 6 nitrogen and oxygen atoms in total. The van der Waals surface area contributed by atoms with Crippen molar-refractivity contribution >= 4 is 5.82 Å². The molecule has 0 bridgehead atoms. The Hall–Kier alpha value is -1.92. The van der Waals surface area contributed by atoms with E-state index >= 15 is 0 Å². The molecule has 6 heteroatoms. The van der Waals surface area contributed by atoms with Crippen LogP contribution in [-0.2, 0) is 24.4 Å². The molecule has 116 valence electrons. The summed E-state index contributed by atoms with van der Waals surface area (Å²) >= 11 is 0. The lowest BCUT2D eigenvalue weighted by molar-refractivity contribution is 0.121. The summed E-state index contributed by atoms with van der Waals surface area (Å²) in [5.41, 5.74) is 1.07. The molecule has 2 aromatic rings. The van der Waals surface area contributed by atoms with Crippen LogP contribution in [0.5, 0.6) is 0 Å². The molecule has 0 aromatic carbocycles. The summed E-state index contributed by atoms with van der Waals surface area (Å²) in [4.78, 5) is 11.6. The van der Waals surface area contributed by atoms with Crippen molar-refractivity contribution in [2.45, 2.75) is 32.1 Å². The van der Waals surface area contributed by atoms with Gasteiger partial charge in [0.2, 0.25) is 0 Å². The molecule has 1 fully saturated rings. The Morgan fingerprint density at radius 2 is 2.32 bits per heavy atom. The number of fused-ring (bicyclic) bond motifs is 1. The molecule has 4 rings (SSSR count). The highest BCUT2D eigenvalue weighted by Crippen LogP contribution is 2.20. The van der Waals surface area contributed by atoms with E-state index < -0.39 is 0 Å². The Labute approximate surface area is 130 Å². The second kappa shape index (κ2) is 6.06. The maximum absolute atomic E-state index is 5.51. The summed E-state index contributed by atoms with van der Waals surface area (Å²) in [7, 11) is 0. The van der Waals surface area contributed by atoms with Crippen molar-refractivity contribution in [3.05, 3.63) is 42.1 Å². The first kappa shape index (κ1) is 13.7. The Balaban J connectivity index is 1.40. The van der Waals surface area contributed by atoms with Gasteiger partial charge in [-0.1, -0.05) is 6.07 Å². The van der Waals surface area contributed by atoms with Crippen LogP contribution in [0.15, 0.2) is 30.6 Å². The van der Waals surface area contributed by atoms with Gasteiger partial charge >= 0.3 is 0 Å². The minimum Gasteiger partial charge on any atom is -0.380 e. The summed E-state index contributed by atoms with van der Waals surface area (Å²) in [6.45, 7) is 5.51. The van der Waals surface area contributed by atoms with Gasteiger partial charge in [0.15, 0.2) is 0 Å². The number of nitrogens with zero attached hydrogens (tertiary/aromatic N) is 4. The van der Waals surface area contributed by atoms with E-state index in [1.165, 1.54) is 0 Å². The number of ether oxygens (including phenoxy) is 1. The van der Waals surface area contributed by atoms with Crippen molar-refractivity contribution < 1.29 is 4.74 Å². The summed E-state index contributed by atoms with van der Waals surface area (Å²) in [5.74, 6) is 2.05. The quantitative estimate of drug-likeness (QED) is 0.927. The van der Waals surface area contributed by atoms with Gasteiger partial charge in [0.05, 0.1) is 25.4 Å². The van der Waals surface area contributed by atoms with Gasteiger partial charge in [-0.15, -0.1) is 0 Å². The fourth-order valence-electron chi connectivity index (χ4n) is 3.19. The predicted octanol–water partition coefficient (Wildman–Crippen LogP) is 1.49. The molecule has 4 heterocycles. The van der Waals surface area contributed by atoms with Gasteiger partial charge in [-0.3, -0.25) is 4.90 Å². The number of anilines is 1. The normalized spacial score (nSPS) is 21.7. The van der Waals surface area contributed by atoms with E-state index in [-0.39, 0.29) is 0 Å². The molecule has 0 aliphatic carbocycles. The fraction of sp³-hybridized carbons (Fsp3) is 0.500. The van der Waals surface area contributed by atoms with E-state index in [0.29, 0.717) is 12.6 Å². The van der Waals surface area contributed by atoms with Crippen LogP contribution < -0.4 is 5.32 Å². The van der Waals surface area contributed by atoms with Crippen LogP contribution in [0.4, 0.5) is 5.82 Å². The summed E-state index contributed by atoms with van der Waals surface area (Å²) in [6, 6.07) is 6.44. The molecule has 0 spiro atoms. The average molecular weight is 299 g/mol. The van der Waals surface area contributed by atoms with Crippen molar-refractivity contribution in [2.75, 3.05) is 25.1 Å². The Bertz CT molecular complexity index is 621. The third-order valence-electron chi connectivity index (χ3n) is 4.42. The first-order chi connectivity index (χ1) is 10.9. The predicted molar refractivity (Wildman–Crippen MR) is 83.4 cm³/mol. The lowest BCUT2D eigenvalue weighted by atomic mass is 10.2. The van der Waals surface area contributed by atoms with Crippen molar-refractivity contribution in [1.29, 1.82) is 0 Å². The largest absolute Gasteiger partial charge is 0.380 e. The summed E-state index contributed by atoms with van der Waals surface area (Å²) in [5, 5.41) is 3.32. The standard InChI is InChI=1S/C16H21N5O/c1-2-5-17-15(3-1)18-9-13-10-21-7-6-20(11-16(21)19-13)14-4-8-22-12-14/h1-3,5,10,14H,4,6-9,11-12H2,(H,17,18)/t14-/m1/s1. The molecule has 2 aliphatic heterocycles. The highest BCUT2D eigenvalue weighted by atomic mass is 16.5. The molecule has 22 heavy (non-hydrogen) atoms. The molecular weight excluding hydrogens is 278 g/mol. The summed E-state index contributed by atoms with van der Waals surface area (Å²) in [6.07, 6.45) is 5.10. The van der Waals surface area contributed by atoms with Gasteiger partial charge in [-0.2, -0.15) is 0 Å². The highest BCUT2D eigenvalue weighted by Gasteiger charge is 2.27. The van der Waals surface area contributed by atoms with Crippen molar-refractivity contribution in [1.82, 2.24) is 19.4 Å². The van der Waals surface area contributed by atoms with Crippen LogP contribution in [0.2, 0.25) is 0 Å².